The first-order valence-electron chi connectivity index (χ1n) is 3.46. The van der Waals surface area contributed by atoms with Gasteiger partial charge < -0.3 is 5.11 Å². The van der Waals surface area contributed by atoms with Crippen molar-refractivity contribution in [2.24, 2.45) is 5.92 Å². The molecule has 6 heteroatoms. The van der Waals surface area contributed by atoms with Crippen LogP contribution in [0.1, 0.15) is 13.3 Å². The molecule has 1 atom stereocenters. The minimum atomic E-state index is -3.46. The fourth-order valence-corrected chi connectivity index (χ4v) is 1.13. The minimum Gasteiger partial charge on any atom is -0.396 e. The highest BCUT2D eigenvalue weighted by Gasteiger charge is 2.11. The number of aliphatic hydroxyl groups is 1. The third-order valence-corrected chi connectivity index (χ3v) is 1.74. The SMILES string of the molecule is CC(CO)CC(=O)NS(C)(=O)=O. The first-order chi connectivity index (χ1) is 5.35. The Morgan fingerprint density at radius 2 is 2.08 bits per heavy atom. The number of nitrogens with one attached hydrogen (secondary N) is 1. The number of hydrogen-bond acceptors (Lipinski definition) is 4. The predicted octanol–water partition coefficient (Wildman–Crippen LogP) is -0.919. The molecule has 0 aromatic carbocycles. The maximum absolute atomic E-state index is 10.8. The van der Waals surface area contributed by atoms with Gasteiger partial charge in [-0.2, -0.15) is 0 Å². The molecule has 0 bridgehead atoms. The van der Waals surface area contributed by atoms with E-state index in [9.17, 15) is 13.2 Å². The third-order valence-electron chi connectivity index (χ3n) is 1.14. The van der Waals surface area contributed by atoms with Crippen LogP contribution in [0, 0.1) is 5.92 Å². The second kappa shape index (κ2) is 4.42. The quantitative estimate of drug-likeness (QED) is 0.607. The van der Waals surface area contributed by atoms with Crippen LogP contribution in [0.4, 0.5) is 0 Å². The summed E-state index contributed by atoms with van der Waals surface area (Å²) in [5.74, 6) is -0.800. The number of carbonyl (C=O) groups excluding carboxylic acids is 1. The second-order valence-electron chi connectivity index (χ2n) is 2.79. The zero-order chi connectivity index (χ0) is 9.78. The van der Waals surface area contributed by atoms with Crippen molar-refractivity contribution in [1.82, 2.24) is 4.72 Å². The highest BCUT2D eigenvalue weighted by atomic mass is 32.2. The number of rotatable bonds is 4. The summed E-state index contributed by atoms with van der Waals surface area (Å²) in [6, 6.07) is 0. The number of amides is 1. The topological polar surface area (TPSA) is 83.5 Å². The standard InChI is InChI=1S/C6H13NO4S/c1-5(4-8)3-6(9)7-12(2,10)11/h5,8H,3-4H2,1-2H3,(H,7,9). The van der Waals surface area contributed by atoms with E-state index in [2.05, 4.69) is 0 Å². The average molecular weight is 195 g/mol. The van der Waals surface area contributed by atoms with E-state index in [4.69, 9.17) is 5.11 Å². The first-order valence-corrected chi connectivity index (χ1v) is 5.35. The Kier molecular flexibility index (Phi) is 4.19. The number of sulfonamides is 1. The smallest absolute Gasteiger partial charge is 0.233 e. The summed E-state index contributed by atoms with van der Waals surface area (Å²) in [5.41, 5.74) is 0. The molecule has 1 unspecified atom stereocenters. The molecule has 0 rings (SSSR count). The Hall–Kier alpha value is -0.620. The van der Waals surface area contributed by atoms with Crippen molar-refractivity contribution in [3.05, 3.63) is 0 Å². The molecule has 0 aromatic rings. The summed E-state index contributed by atoms with van der Waals surface area (Å²) in [6.45, 7) is 1.53. The van der Waals surface area contributed by atoms with Gasteiger partial charge in [-0.1, -0.05) is 6.92 Å². The lowest BCUT2D eigenvalue weighted by Gasteiger charge is -2.06. The van der Waals surface area contributed by atoms with Crippen LogP contribution in [0.3, 0.4) is 0 Å². The van der Waals surface area contributed by atoms with E-state index < -0.39 is 15.9 Å². The van der Waals surface area contributed by atoms with E-state index in [0.29, 0.717) is 0 Å². The molecule has 0 aliphatic rings. The molecule has 0 fully saturated rings. The van der Waals surface area contributed by atoms with Crippen molar-refractivity contribution in [2.75, 3.05) is 12.9 Å². The fraction of sp³-hybridized carbons (Fsp3) is 0.833. The Bertz CT molecular complexity index is 246. The van der Waals surface area contributed by atoms with Crippen molar-refractivity contribution in [1.29, 1.82) is 0 Å². The Morgan fingerprint density at radius 3 is 2.42 bits per heavy atom. The zero-order valence-corrected chi connectivity index (χ0v) is 7.89. The van der Waals surface area contributed by atoms with Crippen LogP contribution in [0.25, 0.3) is 0 Å². The van der Waals surface area contributed by atoms with Gasteiger partial charge in [0.2, 0.25) is 15.9 Å². The third kappa shape index (κ3) is 6.11. The van der Waals surface area contributed by atoms with E-state index in [1.165, 1.54) is 0 Å². The highest BCUT2D eigenvalue weighted by molar-refractivity contribution is 7.89. The summed E-state index contributed by atoms with van der Waals surface area (Å²) < 4.78 is 22.8. The molecule has 0 saturated heterocycles. The molecule has 1 amide bonds. The van der Waals surface area contributed by atoms with Crippen molar-refractivity contribution in [3.8, 4) is 0 Å². The van der Waals surface area contributed by atoms with Crippen molar-refractivity contribution in [2.45, 2.75) is 13.3 Å². The molecule has 72 valence electrons. The van der Waals surface area contributed by atoms with E-state index in [1.54, 1.807) is 11.6 Å². The van der Waals surface area contributed by atoms with Gasteiger partial charge in [0.15, 0.2) is 0 Å². The Balaban J connectivity index is 3.92. The van der Waals surface area contributed by atoms with Crippen LogP contribution >= 0.6 is 0 Å². The fourth-order valence-electron chi connectivity index (χ4n) is 0.629. The van der Waals surface area contributed by atoms with Gasteiger partial charge in [0, 0.05) is 13.0 Å². The zero-order valence-electron chi connectivity index (χ0n) is 7.07. The van der Waals surface area contributed by atoms with E-state index >= 15 is 0 Å². The van der Waals surface area contributed by atoms with Crippen LogP contribution in [0.2, 0.25) is 0 Å². The van der Waals surface area contributed by atoms with Crippen LogP contribution in [-0.2, 0) is 14.8 Å². The van der Waals surface area contributed by atoms with Gasteiger partial charge in [0.05, 0.1) is 6.26 Å². The molecule has 12 heavy (non-hydrogen) atoms. The normalized spacial score (nSPS) is 13.9. The summed E-state index contributed by atoms with van der Waals surface area (Å²) in [6.07, 6.45) is 0.929. The molecule has 0 aliphatic heterocycles. The largest absolute Gasteiger partial charge is 0.396 e. The molecule has 0 aromatic heterocycles. The van der Waals surface area contributed by atoms with Gasteiger partial charge in [-0.15, -0.1) is 0 Å². The Labute approximate surface area is 71.8 Å². The summed E-state index contributed by atoms with van der Waals surface area (Å²) in [7, 11) is -3.46. The van der Waals surface area contributed by atoms with Crippen LogP contribution in [0.5, 0.6) is 0 Å². The van der Waals surface area contributed by atoms with Crippen LogP contribution in [-0.4, -0.2) is 32.3 Å². The van der Waals surface area contributed by atoms with E-state index in [-0.39, 0.29) is 18.9 Å². The van der Waals surface area contributed by atoms with Crippen molar-refractivity contribution >= 4 is 15.9 Å². The number of hydrogen-bond donors (Lipinski definition) is 2. The van der Waals surface area contributed by atoms with Gasteiger partial charge in [0.1, 0.15) is 0 Å². The van der Waals surface area contributed by atoms with Gasteiger partial charge in [0.25, 0.3) is 0 Å². The van der Waals surface area contributed by atoms with Crippen LogP contribution < -0.4 is 4.72 Å². The average Bonchev–Trinajstić information content (AvgIpc) is 1.82. The molecule has 0 saturated carbocycles. The summed E-state index contributed by atoms with van der Waals surface area (Å²) in [5, 5.41) is 8.55. The van der Waals surface area contributed by atoms with Crippen molar-refractivity contribution < 1.29 is 18.3 Å². The molecule has 0 radical (unpaired) electrons. The van der Waals surface area contributed by atoms with E-state index in [0.717, 1.165) is 6.26 Å². The van der Waals surface area contributed by atoms with Crippen LogP contribution in [0.15, 0.2) is 0 Å². The predicted molar refractivity (Wildman–Crippen MR) is 43.9 cm³/mol. The minimum absolute atomic E-state index is 0.0174. The lowest BCUT2D eigenvalue weighted by atomic mass is 10.1. The molecular formula is C6H13NO4S. The Morgan fingerprint density at radius 1 is 1.58 bits per heavy atom. The van der Waals surface area contributed by atoms with Gasteiger partial charge in [-0.3, -0.25) is 9.52 Å². The first kappa shape index (κ1) is 11.4. The van der Waals surface area contributed by atoms with Gasteiger partial charge in [-0.25, -0.2) is 8.42 Å². The maximum Gasteiger partial charge on any atom is 0.233 e. The molecular weight excluding hydrogens is 182 g/mol. The molecule has 0 aliphatic carbocycles. The second-order valence-corrected chi connectivity index (χ2v) is 4.54. The summed E-state index contributed by atoms with van der Waals surface area (Å²) in [4.78, 5) is 10.8. The lowest BCUT2D eigenvalue weighted by molar-refractivity contribution is -0.120. The summed E-state index contributed by atoms with van der Waals surface area (Å²) >= 11 is 0. The van der Waals surface area contributed by atoms with E-state index in [1.807, 2.05) is 0 Å². The number of carbonyl (C=O) groups is 1. The highest BCUT2D eigenvalue weighted by Crippen LogP contribution is 1.99. The lowest BCUT2D eigenvalue weighted by Crippen LogP contribution is -2.30. The molecule has 2 N–H and O–H groups in total. The molecule has 0 spiro atoms. The van der Waals surface area contributed by atoms with Gasteiger partial charge >= 0.3 is 0 Å². The van der Waals surface area contributed by atoms with Crippen molar-refractivity contribution in [3.63, 3.8) is 0 Å². The van der Waals surface area contributed by atoms with Gasteiger partial charge in [-0.05, 0) is 5.92 Å². The monoisotopic (exact) mass is 195 g/mol. The molecule has 5 nitrogen and oxygen atoms in total. The molecule has 0 heterocycles. The number of aliphatic hydroxyl groups excluding tert-OH is 1. The maximum atomic E-state index is 10.8.